The lowest BCUT2D eigenvalue weighted by molar-refractivity contribution is 0.529. The van der Waals surface area contributed by atoms with E-state index in [1.54, 1.807) is 5.57 Å². The second-order valence-electron chi connectivity index (χ2n) is 5.13. The van der Waals surface area contributed by atoms with E-state index in [0.717, 1.165) is 12.8 Å². The predicted molar refractivity (Wildman–Crippen MR) is 77.1 cm³/mol. The van der Waals surface area contributed by atoms with Gasteiger partial charge in [-0.2, -0.15) is 0 Å². The van der Waals surface area contributed by atoms with Crippen LogP contribution in [0.5, 0.6) is 0 Å². The highest BCUT2D eigenvalue weighted by Crippen LogP contribution is 2.27. The van der Waals surface area contributed by atoms with Crippen molar-refractivity contribution >= 4 is 0 Å². The molecule has 0 saturated heterocycles. The highest BCUT2D eigenvalue weighted by Gasteiger charge is 2.13. The molecule has 1 atom stereocenters. The van der Waals surface area contributed by atoms with Gasteiger partial charge in [0, 0.05) is 6.04 Å². The lowest BCUT2D eigenvalue weighted by atomic mass is 9.91. The summed E-state index contributed by atoms with van der Waals surface area (Å²) in [5, 5.41) is 0. The molecule has 1 aromatic rings. The number of nitrogens with two attached hydrogens (primary N) is 1. The third kappa shape index (κ3) is 3.44. The summed E-state index contributed by atoms with van der Waals surface area (Å²) >= 11 is 0. The summed E-state index contributed by atoms with van der Waals surface area (Å²) in [6.07, 6.45) is 9.68. The molecule has 0 bridgehead atoms. The first-order chi connectivity index (χ1) is 8.83. The maximum atomic E-state index is 5.72. The molecule has 3 N–H and O–H groups in total. The monoisotopic (exact) mass is 244 g/mol. The smallest absolute Gasteiger partial charge is 0.0497 e. The van der Waals surface area contributed by atoms with Crippen LogP contribution < -0.4 is 11.3 Å². The zero-order valence-electron chi connectivity index (χ0n) is 11.3. The first-order valence-electron chi connectivity index (χ1n) is 7.06. The van der Waals surface area contributed by atoms with Gasteiger partial charge in [0.15, 0.2) is 0 Å². The van der Waals surface area contributed by atoms with Gasteiger partial charge in [0.1, 0.15) is 0 Å². The Morgan fingerprint density at radius 2 is 2.00 bits per heavy atom. The normalized spacial score (nSPS) is 17.3. The van der Waals surface area contributed by atoms with Crippen molar-refractivity contribution in [3.05, 3.63) is 47.0 Å². The number of benzene rings is 1. The number of hydrogen-bond donors (Lipinski definition) is 2. The van der Waals surface area contributed by atoms with Crippen LogP contribution in [0.15, 0.2) is 35.9 Å². The molecule has 0 fully saturated rings. The Hall–Kier alpha value is -1.12. The number of nitrogens with one attached hydrogen (secondary N) is 1. The van der Waals surface area contributed by atoms with Crippen molar-refractivity contribution < 1.29 is 0 Å². The van der Waals surface area contributed by atoms with E-state index >= 15 is 0 Å². The Labute approximate surface area is 110 Å². The molecule has 2 rings (SSSR count). The lowest BCUT2D eigenvalue weighted by Gasteiger charge is -2.20. The number of rotatable bonds is 5. The quantitative estimate of drug-likeness (QED) is 0.471. The fourth-order valence-electron chi connectivity index (χ4n) is 2.61. The van der Waals surface area contributed by atoms with Crippen LogP contribution in [0.3, 0.4) is 0 Å². The van der Waals surface area contributed by atoms with Crippen LogP contribution in [0.1, 0.15) is 56.2 Å². The molecule has 1 aromatic carbocycles. The lowest BCUT2D eigenvalue weighted by Crippen LogP contribution is -2.28. The van der Waals surface area contributed by atoms with Gasteiger partial charge in [0.25, 0.3) is 0 Å². The first-order valence-corrected chi connectivity index (χ1v) is 7.06. The maximum Gasteiger partial charge on any atom is 0.0497 e. The molecule has 1 aliphatic carbocycles. The van der Waals surface area contributed by atoms with Gasteiger partial charge in [-0.1, -0.05) is 42.8 Å². The molecule has 0 heterocycles. The highest BCUT2D eigenvalue weighted by molar-refractivity contribution is 5.26. The summed E-state index contributed by atoms with van der Waals surface area (Å²) in [7, 11) is 0. The summed E-state index contributed by atoms with van der Waals surface area (Å²) in [5.41, 5.74) is 7.20. The van der Waals surface area contributed by atoms with Crippen LogP contribution in [-0.2, 0) is 6.42 Å². The van der Waals surface area contributed by atoms with Crippen LogP contribution in [0.2, 0.25) is 0 Å². The number of allylic oxidation sites excluding steroid dienone is 1. The Bertz CT molecular complexity index is 392. The standard InChI is InChI=1S/C16H24N2/c1-2-13-8-10-15(11-9-13)16(18-17)12-14-6-4-3-5-7-14/h6,8-11,16,18H,2-5,7,12,17H2,1H3. The van der Waals surface area contributed by atoms with Crippen molar-refractivity contribution in [3.8, 4) is 0 Å². The molecule has 18 heavy (non-hydrogen) atoms. The van der Waals surface area contributed by atoms with Crippen molar-refractivity contribution in [1.82, 2.24) is 5.43 Å². The molecule has 0 radical (unpaired) electrons. The predicted octanol–water partition coefficient (Wildman–Crippen LogP) is 3.64. The van der Waals surface area contributed by atoms with Gasteiger partial charge in [-0.3, -0.25) is 11.3 Å². The minimum Gasteiger partial charge on any atom is -0.271 e. The van der Waals surface area contributed by atoms with E-state index < -0.39 is 0 Å². The third-order valence-corrected chi connectivity index (χ3v) is 3.84. The van der Waals surface area contributed by atoms with Gasteiger partial charge in [-0.25, -0.2) is 0 Å². The topological polar surface area (TPSA) is 38.0 Å². The molecule has 0 aromatic heterocycles. The largest absolute Gasteiger partial charge is 0.271 e. The molecule has 98 valence electrons. The first kappa shape index (κ1) is 13.3. The van der Waals surface area contributed by atoms with Crippen molar-refractivity contribution in [3.63, 3.8) is 0 Å². The van der Waals surface area contributed by atoms with Crippen LogP contribution in [-0.4, -0.2) is 0 Å². The molecule has 1 aliphatic rings. The fraction of sp³-hybridized carbons (Fsp3) is 0.500. The SMILES string of the molecule is CCc1ccc(C(CC2=CCCCC2)NN)cc1. The summed E-state index contributed by atoms with van der Waals surface area (Å²) in [5.74, 6) is 5.72. The van der Waals surface area contributed by atoms with Crippen LogP contribution in [0, 0.1) is 0 Å². The van der Waals surface area contributed by atoms with Crippen LogP contribution >= 0.6 is 0 Å². The molecule has 2 nitrogen and oxygen atoms in total. The summed E-state index contributed by atoms with van der Waals surface area (Å²) < 4.78 is 0. The second-order valence-corrected chi connectivity index (χ2v) is 5.13. The van der Waals surface area contributed by atoms with E-state index in [2.05, 4.69) is 42.7 Å². The number of hydrogen-bond acceptors (Lipinski definition) is 2. The minimum atomic E-state index is 0.250. The Kier molecular flexibility index (Phi) is 4.97. The van der Waals surface area contributed by atoms with E-state index in [1.807, 2.05) is 0 Å². The highest BCUT2D eigenvalue weighted by atomic mass is 15.2. The molecule has 0 amide bonds. The minimum absolute atomic E-state index is 0.250. The van der Waals surface area contributed by atoms with Gasteiger partial charge in [-0.15, -0.1) is 0 Å². The zero-order chi connectivity index (χ0) is 12.8. The summed E-state index contributed by atoms with van der Waals surface area (Å²) in [4.78, 5) is 0. The van der Waals surface area contributed by atoms with E-state index in [1.165, 1.54) is 36.8 Å². The summed E-state index contributed by atoms with van der Waals surface area (Å²) in [6, 6.07) is 9.06. The molecule has 1 unspecified atom stereocenters. The van der Waals surface area contributed by atoms with Crippen LogP contribution in [0.25, 0.3) is 0 Å². The van der Waals surface area contributed by atoms with Gasteiger partial charge in [0.2, 0.25) is 0 Å². The van der Waals surface area contributed by atoms with E-state index in [-0.39, 0.29) is 6.04 Å². The molecule has 0 saturated carbocycles. The van der Waals surface area contributed by atoms with Crippen molar-refractivity contribution in [1.29, 1.82) is 0 Å². The Morgan fingerprint density at radius 3 is 2.56 bits per heavy atom. The average molecular weight is 244 g/mol. The van der Waals surface area contributed by atoms with Crippen molar-refractivity contribution in [2.24, 2.45) is 5.84 Å². The second kappa shape index (κ2) is 6.72. The molecular formula is C16H24N2. The third-order valence-electron chi connectivity index (χ3n) is 3.84. The van der Waals surface area contributed by atoms with E-state index in [9.17, 15) is 0 Å². The molecule has 2 heteroatoms. The van der Waals surface area contributed by atoms with Gasteiger partial charge in [0.05, 0.1) is 0 Å². The van der Waals surface area contributed by atoms with Crippen LogP contribution in [0.4, 0.5) is 0 Å². The van der Waals surface area contributed by atoms with E-state index in [0.29, 0.717) is 0 Å². The zero-order valence-corrected chi connectivity index (χ0v) is 11.3. The van der Waals surface area contributed by atoms with Gasteiger partial charge < -0.3 is 0 Å². The van der Waals surface area contributed by atoms with E-state index in [4.69, 9.17) is 5.84 Å². The summed E-state index contributed by atoms with van der Waals surface area (Å²) in [6.45, 7) is 2.18. The number of hydrazine groups is 1. The molecule has 0 spiro atoms. The average Bonchev–Trinajstić information content (AvgIpc) is 2.46. The van der Waals surface area contributed by atoms with Crippen molar-refractivity contribution in [2.45, 2.75) is 51.5 Å². The maximum absolute atomic E-state index is 5.72. The fourth-order valence-corrected chi connectivity index (χ4v) is 2.61. The molecular weight excluding hydrogens is 220 g/mol. The van der Waals surface area contributed by atoms with Gasteiger partial charge in [-0.05, 0) is 49.7 Å². The molecule has 0 aliphatic heterocycles. The number of aryl methyl sites for hydroxylation is 1. The van der Waals surface area contributed by atoms with Gasteiger partial charge >= 0.3 is 0 Å². The van der Waals surface area contributed by atoms with Crippen molar-refractivity contribution in [2.75, 3.05) is 0 Å². The Balaban J connectivity index is 2.04. The Morgan fingerprint density at radius 1 is 1.22 bits per heavy atom.